The average molecular weight is 272 g/mol. The lowest BCUT2D eigenvalue weighted by atomic mass is 10.2. The summed E-state index contributed by atoms with van der Waals surface area (Å²) in [5.74, 6) is -1.07. The van der Waals surface area contributed by atoms with E-state index in [0.717, 1.165) is 0 Å². The predicted octanol–water partition coefficient (Wildman–Crippen LogP) is -0.265. The van der Waals surface area contributed by atoms with Gasteiger partial charge in [0.2, 0.25) is 0 Å². The molecule has 19 heavy (non-hydrogen) atoms. The van der Waals surface area contributed by atoms with Gasteiger partial charge in [0.15, 0.2) is 0 Å². The Kier molecular flexibility index (Phi) is 3.96. The van der Waals surface area contributed by atoms with Gasteiger partial charge in [-0.25, -0.2) is 9.59 Å². The number of carboxylic acid groups (broad SMARTS) is 1. The Balaban J connectivity index is 2.07. The third-order valence-electron chi connectivity index (χ3n) is 3.50. The van der Waals surface area contributed by atoms with Crippen LogP contribution in [0.4, 0.5) is 4.79 Å². The van der Waals surface area contributed by atoms with Crippen LogP contribution >= 0.6 is 0 Å². The molecule has 0 unspecified atom stereocenters. The van der Waals surface area contributed by atoms with Gasteiger partial charge in [-0.15, -0.1) is 0 Å². The summed E-state index contributed by atoms with van der Waals surface area (Å²) in [6.07, 6.45) is -0.802. The summed E-state index contributed by atoms with van der Waals surface area (Å²) in [6, 6.07) is -1.26. The fourth-order valence-corrected chi connectivity index (χ4v) is 2.78. The molecule has 7 heteroatoms. The van der Waals surface area contributed by atoms with Crippen LogP contribution in [0, 0.1) is 0 Å². The van der Waals surface area contributed by atoms with Crippen LogP contribution in [0.15, 0.2) is 0 Å². The number of β-amino-alcohol motifs (C(OH)–C–C–N with tert-alkyl or cyclic N) is 1. The number of rotatable bonds is 1. The monoisotopic (exact) mass is 272 g/mol. The number of hydrogen-bond donors (Lipinski definition) is 2. The molecule has 0 aliphatic carbocycles. The van der Waals surface area contributed by atoms with E-state index >= 15 is 0 Å². The highest BCUT2D eigenvalue weighted by Crippen LogP contribution is 2.22. The second kappa shape index (κ2) is 5.34. The minimum absolute atomic E-state index is 0.0662. The Morgan fingerprint density at radius 3 is 2.26 bits per heavy atom. The quantitative estimate of drug-likeness (QED) is 0.686. The summed E-state index contributed by atoms with van der Waals surface area (Å²) in [6.45, 7) is 4.73. The molecular formula is C12H20N2O5. The van der Waals surface area contributed by atoms with Crippen LogP contribution in [0.2, 0.25) is 0 Å². The number of carboxylic acids is 1. The van der Waals surface area contributed by atoms with E-state index in [-0.39, 0.29) is 31.2 Å². The van der Waals surface area contributed by atoms with Crippen molar-refractivity contribution >= 4 is 12.0 Å². The maximum atomic E-state index is 12.4. The largest absolute Gasteiger partial charge is 0.480 e. The number of urea groups is 1. The van der Waals surface area contributed by atoms with E-state index in [4.69, 9.17) is 9.84 Å². The number of morpholine rings is 1. The van der Waals surface area contributed by atoms with Crippen LogP contribution in [-0.2, 0) is 9.53 Å². The van der Waals surface area contributed by atoms with Crippen molar-refractivity contribution in [2.45, 2.75) is 44.6 Å². The lowest BCUT2D eigenvalue weighted by Gasteiger charge is -2.38. The van der Waals surface area contributed by atoms with E-state index in [1.165, 1.54) is 4.90 Å². The smallest absolute Gasteiger partial charge is 0.326 e. The van der Waals surface area contributed by atoms with E-state index in [1.807, 2.05) is 13.8 Å². The van der Waals surface area contributed by atoms with Crippen LogP contribution in [0.25, 0.3) is 0 Å². The van der Waals surface area contributed by atoms with E-state index in [9.17, 15) is 14.7 Å². The average Bonchev–Trinajstić information content (AvgIpc) is 2.69. The van der Waals surface area contributed by atoms with Gasteiger partial charge in [0.1, 0.15) is 6.04 Å². The molecule has 2 aliphatic heterocycles. The van der Waals surface area contributed by atoms with Crippen LogP contribution in [0.1, 0.15) is 20.3 Å². The predicted molar refractivity (Wildman–Crippen MR) is 65.7 cm³/mol. The summed E-state index contributed by atoms with van der Waals surface area (Å²) in [5.41, 5.74) is 0. The second-order valence-electron chi connectivity index (χ2n) is 5.34. The molecule has 2 N–H and O–H groups in total. The Labute approximate surface area is 111 Å². The molecule has 2 fully saturated rings. The summed E-state index contributed by atoms with van der Waals surface area (Å²) in [5, 5.41) is 18.7. The van der Waals surface area contributed by atoms with Gasteiger partial charge < -0.3 is 24.7 Å². The summed E-state index contributed by atoms with van der Waals surface area (Å²) in [7, 11) is 0. The number of amides is 2. The molecule has 7 nitrogen and oxygen atoms in total. The van der Waals surface area contributed by atoms with E-state index in [1.54, 1.807) is 4.90 Å². The van der Waals surface area contributed by atoms with Crippen molar-refractivity contribution in [3.63, 3.8) is 0 Å². The topological polar surface area (TPSA) is 90.3 Å². The molecule has 0 saturated carbocycles. The third-order valence-corrected chi connectivity index (χ3v) is 3.50. The van der Waals surface area contributed by atoms with Crippen LogP contribution in [-0.4, -0.2) is 76.0 Å². The van der Waals surface area contributed by atoms with Crippen molar-refractivity contribution in [3.05, 3.63) is 0 Å². The standard InChI is InChI=1S/C12H20N2O5/c1-7-4-13(5-8(2)19-7)12(18)14-6-9(15)3-10(14)11(16)17/h7-10,15H,3-6H2,1-2H3,(H,16,17)/t7-,8+,9-,10+/m1/s1. The number of ether oxygens (including phenoxy) is 1. The highest BCUT2D eigenvalue weighted by molar-refractivity contribution is 5.83. The lowest BCUT2D eigenvalue weighted by molar-refractivity contribution is -0.141. The van der Waals surface area contributed by atoms with Gasteiger partial charge in [0.25, 0.3) is 0 Å². The summed E-state index contributed by atoms with van der Waals surface area (Å²) < 4.78 is 5.55. The van der Waals surface area contributed by atoms with E-state index in [0.29, 0.717) is 13.1 Å². The number of nitrogens with zero attached hydrogens (tertiary/aromatic N) is 2. The van der Waals surface area contributed by atoms with E-state index < -0.39 is 18.1 Å². The molecule has 0 spiro atoms. The maximum absolute atomic E-state index is 12.4. The normalized spacial score (nSPS) is 35.5. The number of hydrogen-bond acceptors (Lipinski definition) is 4. The van der Waals surface area contributed by atoms with Gasteiger partial charge in [-0.2, -0.15) is 0 Å². The molecule has 2 aliphatic rings. The molecule has 0 aromatic rings. The molecule has 2 heterocycles. The highest BCUT2D eigenvalue weighted by Gasteiger charge is 2.41. The number of carbonyl (C=O) groups is 2. The van der Waals surface area contributed by atoms with Gasteiger partial charge in [-0.3, -0.25) is 0 Å². The number of aliphatic carboxylic acids is 1. The van der Waals surface area contributed by atoms with Crippen molar-refractivity contribution in [1.29, 1.82) is 0 Å². The molecular weight excluding hydrogens is 252 g/mol. The fraction of sp³-hybridized carbons (Fsp3) is 0.833. The Morgan fingerprint density at radius 2 is 1.74 bits per heavy atom. The highest BCUT2D eigenvalue weighted by atomic mass is 16.5. The zero-order valence-corrected chi connectivity index (χ0v) is 11.2. The number of aliphatic hydroxyl groups is 1. The summed E-state index contributed by atoms with van der Waals surface area (Å²) in [4.78, 5) is 26.4. The Morgan fingerprint density at radius 1 is 1.16 bits per heavy atom. The molecule has 108 valence electrons. The Hall–Kier alpha value is -1.34. The number of likely N-dealkylation sites (tertiary alicyclic amines) is 1. The lowest BCUT2D eigenvalue weighted by Crippen LogP contribution is -2.54. The zero-order chi connectivity index (χ0) is 14.2. The first-order chi connectivity index (χ1) is 8.88. The van der Waals surface area contributed by atoms with Crippen molar-refractivity contribution in [2.75, 3.05) is 19.6 Å². The SMILES string of the molecule is C[C@@H]1CN(C(=O)N2C[C@H](O)C[C@H]2C(=O)O)C[C@H](C)O1. The summed E-state index contributed by atoms with van der Waals surface area (Å²) >= 11 is 0. The van der Waals surface area contributed by atoms with Crippen molar-refractivity contribution in [1.82, 2.24) is 9.80 Å². The molecule has 0 bridgehead atoms. The molecule has 4 atom stereocenters. The Bertz CT molecular complexity index is 365. The third kappa shape index (κ3) is 2.98. The second-order valence-corrected chi connectivity index (χ2v) is 5.34. The molecule has 2 amide bonds. The van der Waals surface area contributed by atoms with Gasteiger partial charge >= 0.3 is 12.0 Å². The van der Waals surface area contributed by atoms with Crippen molar-refractivity contribution < 1.29 is 24.5 Å². The minimum atomic E-state index is -1.07. The first-order valence-corrected chi connectivity index (χ1v) is 6.50. The number of aliphatic hydroxyl groups excluding tert-OH is 1. The molecule has 0 radical (unpaired) electrons. The zero-order valence-electron chi connectivity index (χ0n) is 11.2. The van der Waals surface area contributed by atoms with Gasteiger partial charge in [-0.05, 0) is 13.8 Å². The number of carbonyl (C=O) groups excluding carboxylic acids is 1. The van der Waals surface area contributed by atoms with Gasteiger partial charge in [0.05, 0.1) is 18.3 Å². The first kappa shape index (κ1) is 14.1. The van der Waals surface area contributed by atoms with Crippen molar-refractivity contribution in [3.8, 4) is 0 Å². The molecule has 2 saturated heterocycles. The maximum Gasteiger partial charge on any atom is 0.326 e. The fourth-order valence-electron chi connectivity index (χ4n) is 2.78. The molecule has 2 rings (SSSR count). The van der Waals surface area contributed by atoms with Crippen molar-refractivity contribution in [2.24, 2.45) is 0 Å². The van der Waals surface area contributed by atoms with Gasteiger partial charge in [0, 0.05) is 26.1 Å². The minimum Gasteiger partial charge on any atom is -0.480 e. The van der Waals surface area contributed by atoms with Gasteiger partial charge in [-0.1, -0.05) is 0 Å². The van der Waals surface area contributed by atoms with Crippen LogP contribution in [0.5, 0.6) is 0 Å². The molecule has 0 aromatic carbocycles. The van der Waals surface area contributed by atoms with Crippen LogP contribution in [0.3, 0.4) is 0 Å². The van der Waals surface area contributed by atoms with E-state index in [2.05, 4.69) is 0 Å². The molecule has 0 aromatic heterocycles. The van der Waals surface area contributed by atoms with Crippen LogP contribution < -0.4 is 0 Å². The first-order valence-electron chi connectivity index (χ1n) is 6.50.